The summed E-state index contributed by atoms with van der Waals surface area (Å²) >= 11 is 0. The van der Waals surface area contributed by atoms with E-state index in [2.05, 4.69) is 23.9 Å². The molecule has 8 heteroatoms. The summed E-state index contributed by atoms with van der Waals surface area (Å²) in [7, 11) is -2.09. The molecule has 1 aromatic carbocycles. The van der Waals surface area contributed by atoms with Crippen molar-refractivity contribution in [2.45, 2.75) is 50.3 Å². The van der Waals surface area contributed by atoms with Gasteiger partial charge in [-0.2, -0.15) is 5.10 Å². The Hall–Kier alpha value is -2.74. The van der Waals surface area contributed by atoms with Crippen LogP contribution < -0.4 is 0 Å². The van der Waals surface area contributed by atoms with Gasteiger partial charge in [-0.15, -0.1) is 0 Å². The number of aromatic nitrogens is 3. The van der Waals surface area contributed by atoms with Crippen molar-refractivity contribution in [1.29, 1.82) is 0 Å². The second-order valence-corrected chi connectivity index (χ2v) is 9.76. The third-order valence-electron chi connectivity index (χ3n) is 5.01. The number of benzene rings is 1. The van der Waals surface area contributed by atoms with E-state index in [4.69, 9.17) is 0 Å². The molecule has 0 radical (unpaired) electrons. The number of sulfone groups is 1. The molecule has 160 valence electrons. The predicted molar refractivity (Wildman–Crippen MR) is 115 cm³/mol. The number of hydrogen-bond donors (Lipinski definition) is 0. The molecule has 1 amide bonds. The fourth-order valence-electron chi connectivity index (χ4n) is 3.29. The Balaban J connectivity index is 2.19. The van der Waals surface area contributed by atoms with Crippen LogP contribution in [0.2, 0.25) is 0 Å². The summed E-state index contributed by atoms with van der Waals surface area (Å²) in [5, 5.41) is 4.49. The van der Waals surface area contributed by atoms with Crippen molar-refractivity contribution in [3.8, 4) is 0 Å². The highest BCUT2D eigenvalue weighted by Gasteiger charge is 2.30. The fraction of sp³-hybridized carbons (Fsp3) is 0.409. The summed E-state index contributed by atoms with van der Waals surface area (Å²) < 4.78 is 28.2. The van der Waals surface area contributed by atoms with E-state index in [1.54, 1.807) is 55.3 Å². The Morgan fingerprint density at radius 1 is 1.20 bits per heavy atom. The highest BCUT2D eigenvalue weighted by molar-refractivity contribution is 7.91. The zero-order valence-electron chi connectivity index (χ0n) is 18.1. The summed E-state index contributed by atoms with van der Waals surface area (Å²) in [6, 6.07) is 9.90. The van der Waals surface area contributed by atoms with Gasteiger partial charge in [-0.3, -0.25) is 4.79 Å². The van der Waals surface area contributed by atoms with Crippen molar-refractivity contribution in [2.75, 3.05) is 13.6 Å². The van der Waals surface area contributed by atoms with Gasteiger partial charge in [0.05, 0.1) is 10.6 Å². The Morgan fingerprint density at radius 3 is 2.47 bits per heavy atom. The zero-order chi connectivity index (χ0) is 22.1. The minimum absolute atomic E-state index is 0.0683. The average Bonchev–Trinajstić information content (AvgIpc) is 3.10. The second kappa shape index (κ2) is 8.55. The number of amides is 1. The molecule has 3 aromatic rings. The summed E-state index contributed by atoms with van der Waals surface area (Å²) in [6.45, 7) is 8.41. The van der Waals surface area contributed by atoms with Crippen LogP contribution in [-0.2, 0) is 16.3 Å². The lowest BCUT2D eigenvalue weighted by atomic mass is 10.1. The van der Waals surface area contributed by atoms with E-state index in [0.29, 0.717) is 36.0 Å². The number of rotatable bonds is 7. The van der Waals surface area contributed by atoms with Crippen LogP contribution in [0, 0.1) is 12.8 Å². The van der Waals surface area contributed by atoms with E-state index in [-0.39, 0.29) is 21.3 Å². The molecular formula is C22H28N4O3S. The molecule has 30 heavy (non-hydrogen) atoms. The molecule has 0 aliphatic carbocycles. The summed E-state index contributed by atoms with van der Waals surface area (Å²) in [5.74, 6) is 0.262. The summed E-state index contributed by atoms with van der Waals surface area (Å²) in [4.78, 5) is 19.5. The van der Waals surface area contributed by atoms with Gasteiger partial charge in [0.25, 0.3) is 5.91 Å². The molecule has 0 aliphatic heterocycles. The molecule has 0 spiro atoms. The van der Waals surface area contributed by atoms with Crippen molar-refractivity contribution in [2.24, 2.45) is 5.92 Å². The van der Waals surface area contributed by atoms with E-state index in [1.807, 2.05) is 6.92 Å². The lowest BCUT2D eigenvalue weighted by Crippen LogP contribution is -2.30. The Labute approximate surface area is 177 Å². The number of carbonyl (C=O) groups is 1. The van der Waals surface area contributed by atoms with Crippen molar-refractivity contribution in [3.63, 3.8) is 0 Å². The standard InChI is InChI=1S/C22H28N4O3S/c1-6-18-20(30(28,29)17-10-8-7-9-11-17)21-23-16(4)14-19(26(21)24-18)22(27)25(5)13-12-15(2)3/h7-11,14-15H,6,12-13H2,1-5H3. The van der Waals surface area contributed by atoms with E-state index in [9.17, 15) is 13.2 Å². The SMILES string of the molecule is CCc1nn2c(C(=O)N(C)CCC(C)C)cc(C)nc2c1S(=O)(=O)c1ccccc1. The number of nitrogens with zero attached hydrogens (tertiary/aromatic N) is 4. The molecule has 0 fully saturated rings. The lowest BCUT2D eigenvalue weighted by molar-refractivity contribution is 0.0780. The Bertz CT molecular complexity index is 1170. The van der Waals surface area contributed by atoms with Gasteiger partial charge in [0.1, 0.15) is 10.6 Å². The predicted octanol–water partition coefficient (Wildman–Crippen LogP) is 3.55. The van der Waals surface area contributed by atoms with Gasteiger partial charge in [0.15, 0.2) is 5.65 Å². The van der Waals surface area contributed by atoms with Crippen LogP contribution in [0.25, 0.3) is 5.65 Å². The van der Waals surface area contributed by atoms with Crippen molar-refractivity contribution >= 4 is 21.4 Å². The molecular weight excluding hydrogens is 400 g/mol. The molecule has 2 heterocycles. The van der Waals surface area contributed by atoms with Gasteiger partial charge in [-0.25, -0.2) is 17.9 Å². The number of hydrogen-bond acceptors (Lipinski definition) is 5. The first-order chi connectivity index (χ1) is 14.2. The number of carbonyl (C=O) groups excluding carboxylic acids is 1. The van der Waals surface area contributed by atoms with Crippen LogP contribution >= 0.6 is 0 Å². The maximum Gasteiger partial charge on any atom is 0.272 e. The van der Waals surface area contributed by atoms with Crippen LogP contribution in [0.3, 0.4) is 0 Å². The molecule has 0 aliphatic rings. The molecule has 0 atom stereocenters. The normalized spacial score (nSPS) is 11.9. The van der Waals surface area contributed by atoms with Crippen molar-refractivity contribution in [1.82, 2.24) is 19.5 Å². The van der Waals surface area contributed by atoms with Crippen LogP contribution in [0.15, 0.2) is 46.2 Å². The topological polar surface area (TPSA) is 84.6 Å². The zero-order valence-corrected chi connectivity index (χ0v) is 18.9. The van der Waals surface area contributed by atoms with Crippen molar-refractivity contribution in [3.05, 3.63) is 53.5 Å². The molecule has 0 saturated heterocycles. The number of fused-ring (bicyclic) bond motifs is 1. The van der Waals surface area contributed by atoms with Gasteiger partial charge in [0, 0.05) is 19.3 Å². The van der Waals surface area contributed by atoms with Gasteiger partial charge >= 0.3 is 0 Å². The van der Waals surface area contributed by atoms with Gasteiger partial charge < -0.3 is 4.90 Å². The lowest BCUT2D eigenvalue weighted by Gasteiger charge is -2.19. The molecule has 0 bridgehead atoms. The maximum absolute atomic E-state index is 13.4. The third-order valence-corrected chi connectivity index (χ3v) is 6.86. The van der Waals surface area contributed by atoms with E-state index >= 15 is 0 Å². The number of aryl methyl sites for hydroxylation is 2. The molecule has 0 N–H and O–H groups in total. The second-order valence-electron chi connectivity index (χ2n) is 7.87. The smallest absolute Gasteiger partial charge is 0.272 e. The largest absolute Gasteiger partial charge is 0.340 e. The first-order valence-electron chi connectivity index (χ1n) is 10.1. The molecule has 3 rings (SSSR count). The van der Waals surface area contributed by atoms with E-state index in [1.165, 1.54) is 4.52 Å². The van der Waals surface area contributed by atoms with E-state index < -0.39 is 9.84 Å². The minimum Gasteiger partial charge on any atom is -0.340 e. The fourth-order valence-corrected chi connectivity index (χ4v) is 4.91. The highest BCUT2D eigenvalue weighted by Crippen LogP contribution is 2.29. The van der Waals surface area contributed by atoms with Crippen LogP contribution in [0.1, 0.15) is 49.1 Å². The first-order valence-corrected chi connectivity index (χ1v) is 11.6. The van der Waals surface area contributed by atoms with Gasteiger partial charge in [-0.05, 0) is 43.9 Å². The third kappa shape index (κ3) is 4.09. The molecule has 2 aromatic heterocycles. The quantitative estimate of drug-likeness (QED) is 0.575. The summed E-state index contributed by atoms with van der Waals surface area (Å²) in [6.07, 6.45) is 1.28. The average molecular weight is 429 g/mol. The van der Waals surface area contributed by atoms with Crippen molar-refractivity contribution < 1.29 is 13.2 Å². The van der Waals surface area contributed by atoms with Gasteiger partial charge in [0.2, 0.25) is 9.84 Å². The summed E-state index contributed by atoms with van der Waals surface area (Å²) in [5.41, 5.74) is 1.47. The molecule has 7 nitrogen and oxygen atoms in total. The monoisotopic (exact) mass is 428 g/mol. The Kier molecular flexibility index (Phi) is 6.26. The Morgan fingerprint density at radius 2 is 1.87 bits per heavy atom. The van der Waals surface area contributed by atoms with E-state index in [0.717, 1.165) is 6.42 Å². The molecule has 0 unspecified atom stereocenters. The van der Waals surface area contributed by atoms with Crippen LogP contribution in [0.5, 0.6) is 0 Å². The minimum atomic E-state index is -3.84. The first kappa shape index (κ1) is 22.0. The molecule has 0 saturated carbocycles. The highest BCUT2D eigenvalue weighted by atomic mass is 32.2. The van der Waals surface area contributed by atoms with Gasteiger partial charge in [-0.1, -0.05) is 39.0 Å². The van der Waals surface area contributed by atoms with Crippen LogP contribution in [0.4, 0.5) is 0 Å². The maximum atomic E-state index is 13.4. The van der Waals surface area contributed by atoms with Crippen LogP contribution in [-0.4, -0.2) is 47.4 Å².